The van der Waals surface area contributed by atoms with Crippen LogP contribution in [-0.4, -0.2) is 48.6 Å². The van der Waals surface area contributed by atoms with Gasteiger partial charge in [-0.2, -0.15) is 0 Å². The quantitative estimate of drug-likeness (QED) is 0.620. The fourth-order valence-corrected chi connectivity index (χ4v) is 1.30. The number of aliphatic hydroxyl groups excluding tert-OH is 1. The Morgan fingerprint density at radius 3 is 2.73 bits per heavy atom. The number of esters is 1. The van der Waals surface area contributed by atoms with Crippen LogP contribution in [0, 0.1) is 0 Å². The highest BCUT2D eigenvalue weighted by Gasteiger charge is 2.32. The first-order valence-corrected chi connectivity index (χ1v) is 5.13. The second-order valence-corrected chi connectivity index (χ2v) is 4.59. The standard InChI is InChI=1S/C10H19NO4/c1-10(2,3)15-9(13)8(12)7-6-11-4-5-14-7/h7-8,11-12H,4-6H2,1-3H3. The minimum Gasteiger partial charge on any atom is -0.458 e. The lowest BCUT2D eigenvalue weighted by atomic mass is 10.1. The van der Waals surface area contributed by atoms with Gasteiger partial charge >= 0.3 is 5.97 Å². The molecule has 1 aliphatic rings. The largest absolute Gasteiger partial charge is 0.458 e. The summed E-state index contributed by atoms with van der Waals surface area (Å²) >= 11 is 0. The zero-order valence-corrected chi connectivity index (χ0v) is 9.45. The lowest BCUT2D eigenvalue weighted by Crippen LogP contribution is -2.49. The Kier molecular flexibility index (Phi) is 4.07. The molecule has 0 spiro atoms. The highest BCUT2D eigenvalue weighted by atomic mass is 16.6. The van der Waals surface area contributed by atoms with Gasteiger partial charge in [0.15, 0.2) is 6.10 Å². The van der Waals surface area contributed by atoms with Crippen LogP contribution in [0.2, 0.25) is 0 Å². The van der Waals surface area contributed by atoms with Gasteiger partial charge in [-0.3, -0.25) is 0 Å². The summed E-state index contributed by atoms with van der Waals surface area (Å²) in [6, 6.07) is 0. The Bertz CT molecular complexity index is 218. The lowest BCUT2D eigenvalue weighted by Gasteiger charge is -2.28. The van der Waals surface area contributed by atoms with Crippen molar-refractivity contribution >= 4 is 5.97 Å². The van der Waals surface area contributed by atoms with E-state index in [9.17, 15) is 9.90 Å². The van der Waals surface area contributed by atoms with Gasteiger partial charge in [0.05, 0.1) is 6.61 Å². The van der Waals surface area contributed by atoms with E-state index >= 15 is 0 Å². The third-order valence-electron chi connectivity index (χ3n) is 1.96. The molecule has 0 bridgehead atoms. The maximum atomic E-state index is 11.5. The number of carbonyl (C=O) groups is 1. The summed E-state index contributed by atoms with van der Waals surface area (Å²) < 4.78 is 10.3. The van der Waals surface area contributed by atoms with E-state index in [1.165, 1.54) is 0 Å². The summed E-state index contributed by atoms with van der Waals surface area (Å²) in [6.07, 6.45) is -1.72. The van der Waals surface area contributed by atoms with E-state index in [4.69, 9.17) is 9.47 Å². The van der Waals surface area contributed by atoms with Crippen molar-refractivity contribution in [3.63, 3.8) is 0 Å². The zero-order valence-electron chi connectivity index (χ0n) is 9.45. The molecule has 1 aliphatic heterocycles. The van der Waals surface area contributed by atoms with Gasteiger partial charge in [-0.15, -0.1) is 0 Å². The van der Waals surface area contributed by atoms with Crippen LogP contribution in [0.15, 0.2) is 0 Å². The first-order chi connectivity index (χ1) is 6.90. The fraction of sp³-hybridized carbons (Fsp3) is 0.900. The predicted octanol–water partition coefficient (Wildman–Crippen LogP) is -0.323. The Morgan fingerprint density at radius 1 is 1.60 bits per heavy atom. The molecule has 5 heteroatoms. The third kappa shape index (κ3) is 4.15. The van der Waals surface area contributed by atoms with Crippen molar-refractivity contribution in [2.45, 2.75) is 38.6 Å². The first-order valence-electron chi connectivity index (χ1n) is 5.13. The van der Waals surface area contributed by atoms with Crippen LogP contribution in [0.5, 0.6) is 0 Å². The number of carbonyl (C=O) groups excluding carboxylic acids is 1. The number of hydrogen-bond acceptors (Lipinski definition) is 5. The van der Waals surface area contributed by atoms with E-state index in [0.717, 1.165) is 6.54 Å². The number of morpholine rings is 1. The average molecular weight is 217 g/mol. The summed E-state index contributed by atoms with van der Waals surface area (Å²) in [5, 5.41) is 12.7. The SMILES string of the molecule is CC(C)(C)OC(=O)C(O)C1CNCCO1. The predicted molar refractivity (Wildman–Crippen MR) is 54.5 cm³/mol. The molecule has 0 aromatic carbocycles. The van der Waals surface area contributed by atoms with E-state index in [1.54, 1.807) is 20.8 Å². The van der Waals surface area contributed by atoms with Crippen molar-refractivity contribution < 1.29 is 19.4 Å². The molecule has 0 aliphatic carbocycles. The van der Waals surface area contributed by atoms with E-state index in [-0.39, 0.29) is 0 Å². The van der Waals surface area contributed by atoms with Crippen LogP contribution in [0.1, 0.15) is 20.8 Å². The molecular weight excluding hydrogens is 198 g/mol. The normalized spacial score (nSPS) is 24.7. The molecule has 1 fully saturated rings. The molecule has 5 nitrogen and oxygen atoms in total. The van der Waals surface area contributed by atoms with Crippen LogP contribution in [-0.2, 0) is 14.3 Å². The molecule has 0 aromatic rings. The smallest absolute Gasteiger partial charge is 0.338 e. The lowest BCUT2D eigenvalue weighted by molar-refractivity contribution is -0.174. The Labute approximate surface area is 89.8 Å². The molecular formula is C10H19NO4. The van der Waals surface area contributed by atoms with Gasteiger partial charge in [-0.05, 0) is 20.8 Å². The highest BCUT2D eigenvalue weighted by Crippen LogP contribution is 2.11. The van der Waals surface area contributed by atoms with Crippen LogP contribution < -0.4 is 5.32 Å². The fourth-order valence-electron chi connectivity index (χ4n) is 1.30. The van der Waals surface area contributed by atoms with Gasteiger partial charge in [0, 0.05) is 13.1 Å². The Morgan fingerprint density at radius 2 is 2.27 bits per heavy atom. The summed E-state index contributed by atoms with van der Waals surface area (Å²) in [6.45, 7) is 7.01. The topological polar surface area (TPSA) is 67.8 Å². The van der Waals surface area contributed by atoms with Crippen molar-refractivity contribution in [1.29, 1.82) is 0 Å². The summed E-state index contributed by atoms with van der Waals surface area (Å²) in [7, 11) is 0. The maximum Gasteiger partial charge on any atom is 0.338 e. The van der Waals surface area contributed by atoms with Gasteiger partial charge in [0.2, 0.25) is 0 Å². The number of ether oxygens (including phenoxy) is 2. The summed E-state index contributed by atoms with van der Waals surface area (Å²) in [5.41, 5.74) is -0.583. The number of nitrogens with one attached hydrogen (secondary N) is 1. The minimum atomic E-state index is -1.21. The van der Waals surface area contributed by atoms with Crippen molar-refractivity contribution in [2.24, 2.45) is 0 Å². The van der Waals surface area contributed by atoms with E-state index in [0.29, 0.717) is 13.2 Å². The molecule has 1 rings (SSSR count). The van der Waals surface area contributed by atoms with Crippen molar-refractivity contribution in [3.8, 4) is 0 Å². The summed E-state index contributed by atoms with van der Waals surface area (Å²) in [5.74, 6) is -0.629. The van der Waals surface area contributed by atoms with E-state index < -0.39 is 23.8 Å². The average Bonchev–Trinajstić information content (AvgIpc) is 2.15. The van der Waals surface area contributed by atoms with Crippen LogP contribution in [0.4, 0.5) is 0 Å². The zero-order chi connectivity index (χ0) is 11.5. The molecule has 0 amide bonds. The monoisotopic (exact) mass is 217 g/mol. The van der Waals surface area contributed by atoms with Gasteiger partial charge in [0.1, 0.15) is 11.7 Å². The van der Waals surface area contributed by atoms with Gasteiger partial charge in [-0.1, -0.05) is 0 Å². The second kappa shape index (κ2) is 4.92. The van der Waals surface area contributed by atoms with Crippen molar-refractivity contribution in [2.75, 3.05) is 19.7 Å². The maximum absolute atomic E-state index is 11.5. The van der Waals surface area contributed by atoms with Crippen LogP contribution >= 0.6 is 0 Å². The van der Waals surface area contributed by atoms with E-state index in [1.807, 2.05) is 0 Å². The molecule has 15 heavy (non-hydrogen) atoms. The molecule has 0 aromatic heterocycles. The first kappa shape index (κ1) is 12.4. The summed E-state index contributed by atoms with van der Waals surface area (Å²) in [4.78, 5) is 11.5. The van der Waals surface area contributed by atoms with Gasteiger partial charge in [0.25, 0.3) is 0 Å². The minimum absolute atomic E-state index is 0.473. The number of hydrogen-bond donors (Lipinski definition) is 2. The van der Waals surface area contributed by atoms with Crippen molar-refractivity contribution in [3.05, 3.63) is 0 Å². The van der Waals surface area contributed by atoms with E-state index in [2.05, 4.69) is 5.32 Å². The molecule has 2 unspecified atom stereocenters. The molecule has 88 valence electrons. The molecule has 0 radical (unpaired) electrons. The van der Waals surface area contributed by atoms with Gasteiger partial charge < -0.3 is 19.9 Å². The van der Waals surface area contributed by atoms with Crippen LogP contribution in [0.3, 0.4) is 0 Å². The molecule has 2 atom stereocenters. The number of aliphatic hydroxyl groups is 1. The molecule has 2 N–H and O–H groups in total. The van der Waals surface area contributed by atoms with Crippen LogP contribution in [0.25, 0.3) is 0 Å². The highest BCUT2D eigenvalue weighted by molar-refractivity contribution is 5.75. The third-order valence-corrected chi connectivity index (χ3v) is 1.96. The number of rotatable bonds is 2. The Balaban J connectivity index is 2.44. The second-order valence-electron chi connectivity index (χ2n) is 4.59. The Hall–Kier alpha value is -0.650. The molecule has 0 saturated carbocycles. The van der Waals surface area contributed by atoms with Gasteiger partial charge in [-0.25, -0.2) is 4.79 Å². The molecule has 1 saturated heterocycles. The molecule has 1 heterocycles. The van der Waals surface area contributed by atoms with Crippen molar-refractivity contribution in [1.82, 2.24) is 5.32 Å².